The zero-order valence-electron chi connectivity index (χ0n) is 10.8. The normalized spacial score (nSPS) is 12.8. The van der Waals surface area contributed by atoms with E-state index in [0.717, 1.165) is 12.8 Å². The average molecular weight is 281 g/mol. The Hall–Kier alpha value is -1.17. The lowest BCUT2D eigenvalue weighted by Gasteiger charge is -2.18. The lowest BCUT2D eigenvalue weighted by molar-refractivity contribution is 0.353. The fourth-order valence-corrected chi connectivity index (χ4v) is 1.96. The van der Waals surface area contributed by atoms with Gasteiger partial charge in [0.2, 0.25) is 5.82 Å². The molecule has 0 aliphatic rings. The average Bonchev–Trinajstić information content (AvgIpc) is 2.41. The Bertz CT molecular complexity index is 418. The molecule has 1 N–H and O–H groups in total. The summed E-state index contributed by atoms with van der Waals surface area (Å²) in [7, 11) is 1.43. The quantitative estimate of drug-likeness (QED) is 0.356. The van der Waals surface area contributed by atoms with Gasteiger partial charge in [-0.05, 0) is 13.5 Å². The van der Waals surface area contributed by atoms with E-state index in [0.29, 0.717) is 12.8 Å². The first kappa shape index (κ1) is 15.9. The number of benzene rings is 1. The van der Waals surface area contributed by atoms with Crippen LogP contribution in [0.15, 0.2) is 0 Å². The molecule has 19 heavy (non-hydrogen) atoms. The largest absolute Gasteiger partial charge is 0.313 e. The second kappa shape index (κ2) is 6.84. The molecule has 1 aromatic rings. The van der Waals surface area contributed by atoms with Crippen molar-refractivity contribution in [3.63, 3.8) is 0 Å². The van der Waals surface area contributed by atoms with E-state index in [9.17, 15) is 22.0 Å². The van der Waals surface area contributed by atoms with Crippen molar-refractivity contribution in [1.29, 1.82) is 0 Å². The first-order valence-corrected chi connectivity index (χ1v) is 6.14. The van der Waals surface area contributed by atoms with Gasteiger partial charge < -0.3 is 5.32 Å². The molecule has 0 saturated heterocycles. The van der Waals surface area contributed by atoms with Crippen LogP contribution in [0.2, 0.25) is 0 Å². The Morgan fingerprint density at radius 1 is 0.842 bits per heavy atom. The standard InChI is InChI=1S/C13H16F5N/c1-3-4-5-6-7(19-2)8-9(14)11(16)13(18)12(17)10(8)15/h7,19H,3-6H2,1-2H3. The second-order valence-electron chi connectivity index (χ2n) is 4.32. The van der Waals surface area contributed by atoms with Gasteiger partial charge in [-0.3, -0.25) is 0 Å². The van der Waals surface area contributed by atoms with Crippen LogP contribution >= 0.6 is 0 Å². The number of hydrogen-bond acceptors (Lipinski definition) is 1. The fourth-order valence-electron chi connectivity index (χ4n) is 1.96. The molecule has 6 heteroatoms. The molecule has 0 aliphatic carbocycles. The minimum atomic E-state index is -2.12. The van der Waals surface area contributed by atoms with Crippen LogP contribution in [0.4, 0.5) is 22.0 Å². The molecule has 0 saturated carbocycles. The van der Waals surface area contributed by atoms with Gasteiger partial charge >= 0.3 is 0 Å². The summed E-state index contributed by atoms with van der Waals surface area (Å²) in [5.74, 6) is -9.43. The van der Waals surface area contributed by atoms with Gasteiger partial charge in [-0.15, -0.1) is 0 Å². The van der Waals surface area contributed by atoms with Gasteiger partial charge in [-0.25, -0.2) is 22.0 Å². The van der Waals surface area contributed by atoms with Crippen LogP contribution in [-0.4, -0.2) is 7.05 Å². The van der Waals surface area contributed by atoms with Crippen molar-refractivity contribution in [3.8, 4) is 0 Å². The van der Waals surface area contributed by atoms with Crippen LogP contribution in [0, 0.1) is 29.1 Å². The Balaban J connectivity index is 3.16. The third kappa shape index (κ3) is 3.23. The predicted octanol–water partition coefficient (Wildman–Crippen LogP) is 4.22. The van der Waals surface area contributed by atoms with Crippen LogP contribution in [0.5, 0.6) is 0 Å². The maximum absolute atomic E-state index is 13.6. The first-order valence-electron chi connectivity index (χ1n) is 6.14. The van der Waals surface area contributed by atoms with Crippen molar-refractivity contribution in [2.75, 3.05) is 7.05 Å². The number of halogens is 5. The van der Waals surface area contributed by atoms with Crippen molar-refractivity contribution in [2.45, 2.75) is 38.6 Å². The molecular weight excluding hydrogens is 265 g/mol. The highest BCUT2D eigenvalue weighted by Gasteiger charge is 2.29. The van der Waals surface area contributed by atoms with Crippen molar-refractivity contribution < 1.29 is 22.0 Å². The highest BCUT2D eigenvalue weighted by atomic mass is 19.2. The maximum Gasteiger partial charge on any atom is 0.200 e. The highest BCUT2D eigenvalue weighted by Crippen LogP contribution is 2.30. The predicted molar refractivity (Wildman–Crippen MR) is 62.2 cm³/mol. The summed E-state index contributed by atoms with van der Waals surface area (Å²) in [6, 6.07) is -0.892. The molecule has 108 valence electrons. The SMILES string of the molecule is CCCCCC(NC)c1c(F)c(F)c(F)c(F)c1F. The van der Waals surface area contributed by atoms with Gasteiger partial charge in [-0.2, -0.15) is 0 Å². The van der Waals surface area contributed by atoms with E-state index < -0.39 is 40.7 Å². The first-order chi connectivity index (χ1) is 8.95. The lowest BCUT2D eigenvalue weighted by Crippen LogP contribution is -2.21. The van der Waals surface area contributed by atoms with Crippen LogP contribution in [0.1, 0.15) is 44.2 Å². The smallest absolute Gasteiger partial charge is 0.200 e. The second-order valence-corrected chi connectivity index (χ2v) is 4.32. The zero-order chi connectivity index (χ0) is 14.6. The van der Waals surface area contributed by atoms with Gasteiger partial charge in [0.1, 0.15) is 0 Å². The minimum absolute atomic E-state index is 0.308. The number of rotatable bonds is 6. The zero-order valence-corrected chi connectivity index (χ0v) is 10.8. The summed E-state index contributed by atoms with van der Waals surface area (Å²) < 4.78 is 66.3. The van der Waals surface area contributed by atoms with E-state index in [-0.39, 0.29) is 0 Å². The number of nitrogens with one attached hydrogen (secondary N) is 1. The molecule has 0 heterocycles. The van der Waals surface area contributed by atoms with Crippen LogP contribution in [0.25, 0.3) is 0 Å². The molecule has 1 aromatic carbocycles. The molecule has 1 atom stereocenters. The van der Waals surface area contributed by atoms with Crippen molar-refractivity contribution in [3.05, 3.63) is 34.6 Å². The third-order valence-electron chi connectivity index (χ3n) is 3.04. The van der Waals surface area contributed by atoms with E-state index in [1.165, 1.54) is 7.05 Å². The molecule has 1 nitrogen and oxygen atoms in total. The Morgan fingerprint density at radius 2 is 1.32 bits per heavy atom. The summed E-state index contributed by atoms with van der Waals surface area (Å²) in [4.78, 5) is 0. The molecule has 0 radical (unpaired) electrons. The molecule has 0 fully saturated rings. The van der Waals surface area contributed by atoms with Crippen molar-refractivity contribution in [2.24, 2.45) is 0 Å². The van der Waals surface area contributed by atoms with E-state index in [2.05, 4.69) is 5.32 Å². The van der Waals surface area contributed by atoms with Crippen molar-refractivity contribution >= 4 is 0 Å². The monoisotopic (exact) mass is 281 g/mol. The Labute approximate surface area is 108 Å². The molecule has 0 amide bonds. The van der Waals surface area contributed by atoms with Gasteiger partial charge in [0.05, 0.1) is 0 Å². The van der Waals surface area contributed by atoms with Gasteiger partial charge in [0.15, 0.2) is 23.3 Å². The number of hydrogen-bond donors (Lipinski definition) is 1. The molecule has 0 aromatic heterocycles. The van der Waals surface area contributed by atoms with Gasteiger partial charge in [0, 0.05) is 11.6 Å². The third-order valence-corrected chi connectivity index (χ3v) is 3.04. The van der Waals surface area contributed by atoms with E-state index >= 15 is 0 Å². The van der Waals surface area contributed by atoms with Gasteiger partial charge in [0.25, 0.3) is 0 Å². The molecule has 0 aliphatic heterocycles. The van der Waals surface area contributed by atoms with E-state index in [4.69, 9.17) is 0 Å². The lowest BCUT2D eigenvalue weighted by atomic mass is 9.99. The molecule has 0 spiro atoms. The molecule has 1 unspecified atom stereocenters. The topological polar surface area (TPSA) is 12.0 Å². The summed E-state index contributed by atoms with van der Waals surface area (Å²) in [5.41, 5.74) is -0.782. The number of unbranched alkanes of at least 4 members (excludes halogenated alkanes) is 2. The Kier molecular flexibility index (Phi) is 5.72. The minimum Gasteiger partial charge on any atom is -0.313 e. The van der Waals surface area contributed by atoms with Crippen LogP contribution < -0.4 is 5.32 Å². The summed E-state index contributed by atoms with van der Waals surface area (Å²) in [6.07, 6.45) is 2.67. The van der Waals surface area contributed by atoms with Crippen LogP contribution in [0.3, 0.4) is 0 Å². The van der Waals surface area contributed by atoms with Crippen molar-refractivity contribution in [1.82, 2.24) is 5.32 Å². The summed E-state index contributed by atoms with van der Waals surface area (Å²) in [5, 5.41) is 2.60. The fraction of sp³-hybridized carbons (Fsp3) is 0.538. The molecule has 0 bridgehead atoms. The van der Waals surface area contributed by atoms with E-state index in [1.54, 1.807) is 0 Å². The molecule has 1 rings (SSSR count). The summed E-state index contributed by atoms with van der Waals surface area (Å²) >= 11 is 0. The van der Waals surface area contributed by atoms with Crippen LogP contribution in [-0.2, 0) is 0 Å². The van der Waals surface area contributed by atoms with Gasteiger partial charge in [-0.1, -0.05) is 26.2 Å². The summed E-state index contributed by atoms with van der Waals surface area (Å²) in [6.45, 7) is 1.95. The molecular formula is C13H16F5N. The Morgan fingerprint density at radius 3 is 1.74 bits per heavy atom. The van der Waals surface area contributed by atoms with E-state index in [1.807, 2.05) is 6.92 Å². The highest BCUT2D eigenvalue weighted by molar-refractivity contribution is 5.27. The maximum atomic E-state index is 13.6.